The molecule has 0 heterocycles. The molecule has 4 nitrogen and oxygen atoms in total. The quantitative estimate of drug-likeness (QED) is 0.879. The molecule has 0 aliphatic heterocycles. The summed E-state index contributed by atoms with van der Waals surface area (Å²) in [5.74, 6) is -0.861. The Kier molecular flexibility index (Phi) is 4.94. The van der Waals surface area contributed by atoms with Crippen molar-refractivity contribution in [2.24, 2.45) is 0 Å². The van der Waals surface area contributed by atoms with Gasteiger partial charge in [0.25, 0.3) is 5.91 Å². The van der Waals surface area contributed by atoms with Gasteiger partial charge in [-0.05, 0) is 45.0 Å². The molecule has 2 aromatic rings. The predicted octanol–water partition coefficient (Wildman–Crippen LogP) is 3.49. The molecule has 0 saturated carbocycles. The minimum Gasteiger partial charge on any atom is -0.449 e. The Morgan fingerprint density at radius 2 is 1.68 bits per heavy atom. The molecule has 0 radical (unpaired) electrons. The second-order valence-corrected chi connectivity index (χ2v) is 5.27. The van der Waals surface area contributed by atoms with Crippen molar-refractivity contribution in [3.05, 3.63) is 65.2 Å². The van der Waals surface area contributed by atoms with E-state index in [0.717, 1.165) is 11.1 Å². The summed E-state index contributed by atoms with van der Waals surface area (Å²) in [4.78, 5) is 24.0. The van der Waals surface area contributed by atoms with Gasteiger partial charge in [0.15, 0.2) is 6.10 Å². The molecule has 1 amide bonds. The third-order valence-electron chi connectivity index (χ3n) is 3.23. The van der Waals surface area contributed by atoms with Gasteiger partial charge in [-0.25, -0.2) is 4.79 Å². The third kappa shape index (κ3) is 4.19. The van der Waals surface area contributed by atoms with E-state index in [4.69, 9.17) is 4.74 Å². The molecule has 0 aliphatic carbocycles. The first-order chi connectivity index (χ1) is 10.5. The summed E-state index contributed by atoms with van der Waals surface area (Å²) in [5.41, 5.74) is 3.19. The number of hydrogen-bond acceptors (Lipinski definition) is 3. The lowest BCUT2D eigenvalue weighted by molar-refractivity contribution is -0.123. The smallest absolute Gasteiger partial charge is 0.338 e. The Morgan fingerprint density at radius 3 is 2.32 bits per heavy atom. The number of rotatable bonds is 4. The number of benzene rings is 2. The molecule has 0 unspecified atom stereocenters. The number of carbonyl (C=O) groups excluding carboxylic acids is 2. The molecule has 4 heteroatoms. The molecular weight excluding hydrogens is 278 g/mol. The van der Waals surface area contributed by atoms with E-state index in [9.17, 15) is 9.59 Å². The van der Waals surface area contributed by atoms with E-state index in [1.807, 2.05) is 44.2 Å². The van der Waals surface area contributed by atoms with Crippen molar-refractivity contribution in [1.82, 2.24) is 0 Å². The van der Waals surface area contributed by atoms with Gasteiger partial charge in [0.1, 0.15) is 0 Å². The van der Waals surface area contributed by atoms with Crippen molar-refractivity contribution in [1.29, 1.82) is 0 Å². The van der Waals surface area contributed by atoms with Gasteiger partial charge >= 0.3 is 5.97 Å². The maximum Gasteiger partial charge on any atom is 0.338 e. The van der Waals surface area contributed by atoms with Crippen LogP contribution in [0.3, 0.4) is 0 Å². The Hall–Kier alpha value is -2.62. The highest BCUT2D eigenvalue weighted by atomic mass is 16.5. The van der Waals surface area contributed by atoms with Gasteiger partial charge in [0.2, 0.25) is 0 Å². The summed E-state index contributed by atoms with van der Waals surface area (Å²) in [6.07, 6.45) is -0.866. The van der Waals surface area contributed by atoms with E-state index >= 15 is 0 Å². The van der Waals surface area contributed by atoms with Gasteiger partial charge in [-0.2, -0.15) is 0 Å². The highest BCUT2D eigenvalue weighted by Crippen LogP contribution is 2.11. The van der Waals surface area contributed by atoms with Crippen molar-refractivity contribution in [3.63, 3.8) is 0 Å². The zero-order chi connectivity index (χ0) is 16.1. The molecule has 2 aromatic carbocycles. The molecule has 2 rings (SSSR count). The lowest BCUT2D eigenvalue weighted by atomic mass is 10.1. The van der Waals surface area contributed by atoms with Crippen LogP contribution in [0, 0.1) is 13.8 Å². The largest absolute Gasteiger partial charge is 0.449 e. The zero-order valence-electron chi connectivity index (χ0n) is 12.9. The van der Waals surface area contributed by atoms with E-state index in [1.54, 1.807) is 25.1 Å². The molecule has 0 saturated heterocycles. The van der Waals surface area contributed by atoms with Crippen molar-refractivity contribution in [2.45, 2.75) is 26.9 Å². The highest BCUT2D eigenvalue weighted by Gasteiger charge is 2.19. The number of esters is 1. The minimum atomic E-state index is -0.866. The van der Waals surface area contributed by atoms with Gasteiger partial charge in [-0.15, -0.1) is 0 Å². The molecule has 0 bridgehead atoms. The van der Waals surface area contributed by atoms with E-state index in [2.05, 4.69) is 5.32 Å². The fourth-order valence-electron chi connectivity index (χ4n) is 1.93. The van der Waals surface area contributed by atoms with Crippen LogP contribution >= 0.6 is 0 Å². The van der Waals surface area contributed by atoms with Gasteiger partial charge in [-0.1, -0.05) is 35.4 Å². The van der Waals surface area contributed by atoms with Gasteiger partial charge < -0.3 is 10.1 Å². The maximum absolute atomic E-state index is 12.0. The van der Waals surface area contributed by atoms with E-state index in [0.29, 0.717) is 11.3 Å². The SMILES string of the molecule is Cc1ccc(NC(=O)[C@@H](C)OC(=O)c2cccc(C)c2)cc1. The monoisotopic (exact) mass is 297 g/mol. The summed E-state index contributed by atoms with van der Waals surface area (Å²) < 4.78 is 5.20. The van der Waals surface area contributed by atoms with E-state index < -0.39 is 12.1 Å². The summed E-state index contributed by atoms with van der Waals surface area (Å²) in [5, 5.41) is 2.72. The summed E-state index contributed by atoms with van der Waals surface area (Å²) in [7, 11) is 0. The van der Waals surface area contributed by atoms with Crippen LogP contribution in [0.25, 0.3) is 0 Å². The molecule has 1 atom stereocenters. The van der Waals surface area contributed by atoms with Crippen molar-refractivity contribution >= 4 is 17.6 Å². The second-order valence-electron chi connectivity index (χ2n) is 5.27. The predicted molar refractivity (Wildman–Crippen MR) is 85.9 cm³/mol. The molecule has 0 fully saturated rings. The standard InChI is InChI=1S/C18H19NO3/c1-12-7-9-16(10-8-12)19-17(20)14(3)22-18(21)15-6-4-5-13(2)11-15/h4-11,14H,1-3H3,(H,19,20)/t14-/m1/s1. The topological polar surface area (TPSA) is 55.4 Å². The summed E-state index contributed by atoms with van der Waals surface area (Å²) >= 11 is 0. The zero-order valence-corrected chi connectivity index (χ0v) is 12.9. The highest BCUT2D eigenvalue weighted by molar-refractivity contribution is 5.97. The average molecular weight is 297 g/mol. The maximum atomic E-state index is 12.0. The minimum absolute atomic E-state index is 0.357. The number of nitrogens with one attached hydrogen (secondary N) is 1. The van der Waals surface area contributed by atoms with E-state index in [1.165, 1.54) is 0 Å². The van der Waals surface area contributed by atoms with Gasteiger partial charge in [0.05, 0.1) is 5.56 Å². The van der Waals surface area contributed by atoms with Crippen LogP contribution in [0.2, 0.25) is 0 Å². The van der Waals surface area contributed by atoms with Crippen LogP contribution in [-0.2, 0) is 9.53 Å². The lowest BCUT2D eigenvalue weighted by Gasteiger charge is -2.14. The summed E-state index contributed by atoms with van der Waals surface area (Å²) in [6, 6.07) is 14.5. The number of anilines is 1. The normalized spacial score (nSPS) is 11.6. The number of aryl methyl sites for hydroxylation is 2. The Balaban J connectivity index is 1.96. The Bertz CT molecular complexity index is 677. The number of carbonyl (C=O) groups is 2. The van der Waals surface area contributed by atoms with Crippen molar-refractivity contribution in [2.75, 3.05) is 5.32 Å². The van der Waals surface area contributed by atoms with Crippen LogP contribution in [-0.4, -0.2) is 18.0 Å². The molecule has 1 N–H and O–H groups in total. The first kappa shape index (κ1) is 15.8. The molecule has 0 aromatic heterocycles. The first-order valence-electron chi connectivity index (χ1n) is 7.11. The third-order valence-corrected chi connectivity index (χ3v) is 3.23. The second kappa shape index (κ2) is 6.89. The van der Waals surface area contributed by atoms with Gasteiger partial charge in [-0.3, -0.25) is 4.79 Å². The van der Waals surface area contributed by atoms with E-state index in [-0.39, 0.29) is 5.91 Å². The summed E-state index contributed by atoms with van der Waals surface area (Å²) in [6.45, 7) is 5.42. The molecule has 22 heavy (non-hydrogen) atoms. The fraction of sp³-hybridized carbons (Fsp3) is 0.222. The molecule has 114 valence electrons. The van der Waals surface area contributed by atoms with Crippen LogP contribution in [0.4, 0.5) is 5.69 Å². The fourth-order valence-corrected chi connectivity index (χ4v) is 1.93. The number of hydrogen-bond donors (Lipinski definition) is 1. The van der Waals surface area contributed by atoms with Crippen LogP contribution in [0.1, 0.15) is 28.4 Å². The molecule has 0 spiro atoms. The van der Waals surface area contributed by atoms with Crippen molar-refractivity contribution < 1.29 is 14.3 Å². The van der Waals surface area contributed by atoms with Crippen LogP contribution in [0.5, 0.6) is 0 Å². The van der Waals surface area contributed by atoms with Crippen LogP contribution in [0.15, 0.2) is 48.5 Å². The Morgan fingerprint density at radius 1 is 1.00 bits per heavy atom. The molecule has 0 aliphatic rings. The van der Waals surface area contributed by atoms with Gasteiger partial charge in [0, 0.05) is 5.69 Å². The Labute approximate surface area is 130 Å². The number of ether oxygens (including phenoxy) is 1. The number of amides is 1. The lowest BCUT2D eigenvalue weighted by Crippen LogP contribution is -2.30. The van der Waals surface area contributed by atoms with Crippen LogP contribution < -0.4 is 5.32 Å². The molecular formula is C18H19NO3. The average Bonchev–Trinajstić information content (AvgIpc) is 2.49. The first-order valence-corrected chi connectivity index (χ1v) is 7.11. The van der Waals surface area contributed by atoms with Crippen molar-refractivity contribution in [3.8, 4) is 0 Å².